The number of likely N-dealkylation sites (tertiary alicyclic amines) is 1. The van der Waals surface area contributed by atoms with E-state index in [1.165, 1.54) is 10.6 Å². The number of aliphatic hydroxyl groups is 1. The Labute approximate surface area is 207 Å². The first kappa shape index (κ1) is 24.5. The monoisotopic (exact) mass is 503 g/mol. The molecule has 180 valence electrons. The first-order chi connectivity index (χ1) is 16.3. The van der Waals surface area contributed by atoms with Crippen molar-refractivity contribution in [2.24, 2.45) is 7.05 Å². The van der Waals surface area contributed by atoms with Gasteiger partial charge in [0.2, 0.25) is 0 Å². The number of pyridine rings is 1. The van der Waals surface area contributed by atoms with E-state index in [2.05, 4.69) is 10.2 Å². The quantitative estimate of drug-likeness (QED) is 0.515. The molecule has 34 heavy (non-hydrogen) atoms. The minimum Gasteiger partial charge on any atom is -0.490 e. The van der Waals surface area contributed by atoms with Crippen LogP contribution in [0.2, 0.25) is 10.0 Å². The number of aromatic nitrogens is 1. The van der Waals surface area contributed by atoms with Crippen LogP contribution >= 0.6 is 23.2 Å². The average molecular weight is 504 g/mol. The number of carbonyl (C=O) groups is 1. The highest BCUT2D eigenvalue weighted by molar-refractivity contribution is 6.42. The van der Waals surface area contributed by atoms with Crippen LogP contribution in [0.1, 0.15) is 23.2 Å². The molecule has 1 aromatic heterocycles. The van der Waals surface area contributed by atoms with Crippen molar-refractivity contribution in [1.82, 2.24) is 14.8 Å². The molecule has 9 heteroatoms. The number of benzene rings is 2. The number of amides is 1. The van der Waals surface area contributed by atoms with Gasteiger partial charge in [-0.25, -0.2) is 0 Å². The molecule has 4 rings (SSSR count). The molecule has 0 radical (unpaired) electrons. The fourth-order valence-corrected chi connectivity index (χ4v) is 4.51. The molecule has 1 aliphatic heterocycles. The predicted molar refractivity (Wildman–Crippen MR) is 134 cm³/mol. The summed E-state index contributed by atoms with van der Waals surface area (Å²) >= 11 is 12.0. The van der Waals surface area contributed by atoms with Gasteiger partial charge in [0.05, 0.1) is 27.2 Å². The van der Waals surface area contributed by atoms with Gasteiger partial charge in [-0.3, -0.25) is 9.59 Å². The Balaban J connectivity index is 1.26. The summed E-state index contributed by atoms with van der Waals surface area (Å²) in [5.74, 6) is 0.320. The smallest absolute Gasteiger partial charge is 0.252 e. The third-order valence-electron chi connectivity index (χ3n) is 6.09. The zero-order chi connectivity index (χ0) is 24.2. The maximum absolute atomic E-state index is 12.8. The third kappa shape index (κ3) is 5.73. The summed E-state index contributed by atoms with van der Waals surface area (Å²) in [7, 11) is 1.68. The second-order valence-electron chi connectivity index (χ2n) is 8.53. The fraction of sp³-hybridized carbons (Fsp3) is 0.360. The predicted octanol–water partition coefficient (Wildman–Crippen LogP) is 3.48. The molecule has 2 N–H and O–H groups in total. The minimum atomic E-state index is -0.728. The van der Waals surface area contributed by atoms with Crippen molar-refractivity contribution in [3.05, 3.63) is 74.5 Å². The van der Waals surface area contributed by atoms with E-state index < -0.39 is 6.10 Å². The van der Waals surface area contributed by atoms with Crippen molar-refractivity contribution in [3.63, 3.8) is 0 Å². The van der Waals surface area contributed by atoms with Gasteiger partial charge in [0.1, 0.15) is 11.9 Å². The number of aryl methyl sites for hydroxylation is 1. The van der Waals surface area contributed by atoms with Crippen molar-refractivity contribution in [3.8, 4) is 5.75 Å². The molecule has 0 unspecified atom stereocenters. The van der Waals surface area contributed by atoms with Crippen LogP contribution in [-0.2, 0) is 7.05 Å². The van der Waals surface area contributed by atoms with Gasteiger partial charge in [0.15, 0.2) is 0 Å². The second-order valence-corrected chi connectivity index (χ2v) is 9.34. The molecule has 1 aliphatic rings. The van der Waals surface area contributed by atoms with Crippen LogP contribution in [-0.4, -0.2) is 58.9 Å². The van der Waals surface area contributed by atoms with E-state index in [1.54, 1.807) is 31.3 Å². The first-order valence-electron chi connectivity index (χ1n) is 11.2. The molecular weight excluding hydrogens is 477 g/mol. The van der Waals surface area contributed by atoms with Crippen LogP contribution in [0.3, 0.4) is 0 Å². The number of hydrogen-bond donors (Lipinski definition) is 2. The Hall–Kier alpha value is -2.58. The highest BCUT2D eigenvalue weighted by Gasteiger charge is 2.23. The number of nitrogens with one attached hydrogen (secondary N) is 1. The van der Waals surface area contributed by atoms with Crippen LogP contribution < -0.4 is 15.6 Å². The van der Waals surface area contributed by atoms with E-state index in [4.69, 9.17) is 27.9 Å². The molecule has 7 nitrogen and oxygen atoms in total. The van der Waals surface area contributed by atoms with Gasteiger partial charge in [-0.1, -0.05) is 41.4 Å². The average Bonchev–Trinajstić information content (AvgIpc) is 2.83. The summed E-state index contributed by atoms with van der Waals surface area (Å²) in [6.07, 6.45) is 0.977. The molecule has 0 spiro atoms. The SMILES string of the molecule is Cn1c(=O)cc(C(=O)NC[C@@H](O)CN2CCC(Oc3ccc(Cl)c(Cl)c3)CC2)c2ccccc21. The molecule has 2 aromatic carbocycles. The summed E-state index contributed by atoms with van der Waals surface area (Å²) in [4.78, 5) is 27.2. The van der Waals surface area contributed by atoms with E-state index >= 15 is 0 Å². The normalized spacial score (nSPS) is 15.9. The lowest BCUT2D eigenvalue weighted by Crippen LogP contribution is -2.45. The number of halogens is 2. The molecule has 0 bridgehead atoms. The summed E-state index contributed by atoms with van der Waals surface area (Å²) in [6, 6.07) is 13.8. The molecule has 2 heterocycles. The van der Waals surface area contributed by atoms with E-state index in [0.29, 0.717) is 38.8 Å². The zero-order valence-corrected chi connectivity index (χ0v) is 20.4. The molecule has 3 aromatic rings. The molecule has 1 amide bonds. The number of carbonyl (C=O) groups excluding carboxylic acids is 1. The number of para-hydroxylation sites is 1. The number of piperidine rings is 1. The van der Waals surface area contributed by atoms with Gasteiger partial charge >= 0.3 is 0 Å². The highest BCUT2D eigenvalue weighted by Crippen LogP contribution is 2.28. The number of ether oxygens (including phenoxy) is 1. The van der Waals surface area contributed by atoms with Crippen molar-refractivity contribution in [1.29, 1.82) is 0 Å². The number of hydrogen-bond acceptors (Lipinski definition) is 5. The zero-order valence-electron chi connectivity index (χ0n) is 18.8. The van der Waals surface area contributed by atoms with Gasteiger partial charge < -0.3 is 24.6 Å². The second kappa shape index (κ2) is 10.8. The van der Waals surface area contributed by atoms with Gasteiger partial charge in [-0.2, -0.15) is 0 Å². The molecule has 0 saturated carbocycles. The number of nitrogens with zero attached hydrogens (tertiary/aromatic N) is 2. The topological polar surface area (TPSA) is 83.8 Å². The van der Waals surface area contributed by atoms with Crippen molar-refractivity contribution in [2.45, 2.75) is 25.0 Å². The van der Waals surface area contributed by atoms with Gasteiger partial charge in [-0.15, -0.1) is 0 Å². The number of fused-ring (bicyclic) bond motifs is 1. The van der Waals surface area contributed by atoms with Crippen LogP contribution in [0.15, 0.2) is 53.3 Å². The standard InChI is InChI=1S/C25H27Cl2N3O4/c1-29-23-5-3-2-4-19(23)20(13-24(29)32)25(33)28-14-16(31)15-30-10-8-17(9-11-30)34-18-6-7-21(26)22(27)12-18/h2-7,12-13,16-17,31H,8-11,14-15H2,1H3,(H,28,33)/t16-/m1/s1. The maximum atomic E-state index is 12.8. The lowest BCUT2D eigenvalue weighted by molar-refractivity contribution is 0.0594. The van der Waals surface area contributed by atoms with Gasteiger partial charge in [-0.05, 0) is 31.0 Å². The summed E-state index contributed by atoms with van der Waals surface area (Å²) in [5.41, 5.74) is 0.744. The Morgan fingerprint density at radius 1 is 1.15 bits per heavy atom. The third-order valence-corrected chi connectivity index (χ3v) is 6.83. The van der Waals surface area contributed by atoms with Crippen molar-refractivity contribution >= 4 is 40.0 Å². The fourth-order valence-electron chi connectivity index (χ4n) is 4.22. The van der Waals surface area contributed by atoms with Crippen LogP contribution in [0.5, 0.6) is 5.75 Å². The lowest BCUT2D eigenvalue weighted by atomic mass is 10.1. The Morgan fingerprint density at radius 2 is 1.88 bits per heavy atom. The van der Waals surface area contributed by atoms with Crippen LogP contribution in [0.4, 0.5) is 0 Å². The number of aliphatic hydroxyl groups excluding tert-OH is 1. The first-order valence-corrected chi connectivity index (χ1v) is 12.0. The van der Waals surface area contributed by atoms with E-state index in [-0.39, 0.29) is 24.1 Å². The number of β-amino-alcohol motifs (C(OH)–C–C–N with tert-alkyl or cyclic N) is 1. The number of rotatable bonds is 7. The van der Waals surface area contributed by atoms with Gasteiger partial charge in [0.25, 0.3) is 11.5 Å². The highest BCUT2D eigenvalue weighted by atomic mass is 35.5. The minimum absolute atomic E-state index is 0.0688. The Bertz CT molecular complexity index is 1240. The Morgan fingerprint density at radius 3 is 2.62 bits per heavy atom. The molecule has 0 aliphatic carbocycles. The van der Waals surface area contributed by atoms with E-state index in [1.807, 2.05) is 18.2 Å². The van der Waals surface area contributed by atoms with Crippen molar-refractivity contribution in [2.75, 3.05) is 26.2 Å². The Kier molecular flexibility index (Phi) is 7.78. The summed E-state index contributed by atoms with van der Waals surface area (Å²) in [6.45, 7) is 2.09. The summed E-state index contributed by atoms with van der Waals surface area (Å²) in [5, 5.41) is 14.9. The molecule has 1 atom stereocenters. The van der Waals surface area contributed by atoms with Crippen LogP contribution in [0, 0.1) is 0 Å². The molecule has 1 fully saturated rings. The summed E-state index contributed by atoms with van der Waals surface area (Å²) < 4.78 is 7.52. The van der Waals surface area contributed by atoms with Crippen molar-refractivity contribution < 1.29 is 14.6 Å². The van der Waals surface area contributed by atoms with Crippen LogP contribution in [0.25, 0.3) is 10.9 Å². The van der Waals surface area contributed by atoms with E-state index in [0.717, 1.165) is 25.9 Å². The van der Waals surface area contributed by atoms with Gasteiger partial charge in [0, 0.05) is 50.7 Å². The maximum Gasteiger partial charge on any atom is 0.252 e. The molecular formula is C25H27Cl2N3O4. The molecule has 1 saturated heterocycles. The largest absolute Gasteiger partial charge is 0.490 e. The lowest BCUT2D eigenvalue weighted by Gasteiger charge is -2.33. The van der Waals surface area contributed by atoms with E-state index in [9.17, 15) is 14.7 Å².